The van der Waals surface area contributed by atoms with Crippen LogP contribution in [0.1, 0.15) is 13.3 Å². The van der Waals surface area contributed by atoms with E-state index >= 15 is 0 Å². The molecule has 0 aliphatic carbocycles. The first-order valence-corrected chi connectivity index (χ1v) is 9.40. The van der Waals surface area contributed by atoms with Gasteiger partial charge in [0.2, 0.25) is 0 Å². The van der Waals surface area contributed by atoms with Crippen LogP contribution in [0.15, 0.2) is 64.4 Å². The van der Waals surface area contributed by atoms with Crippen molar-refractivity contribution in [3.8, 4) is 0 Å². The molecule has 0 bridgehead atoms. The molecule has 0 aliphatic rings. The van der Waals surface area contributed by atoms with Crippen LogP contribution in [0.5, 0.6) is 0 Å². The van der Waals surface area contributed by atoms with Crippen molar-refractivity contribution in [1.29, 1.82) is 0 Å². The van der Waals surface area contributed by atoms with Crippen LogP contribution in [0.25, 0.3) is 0 Å². The second-order valence-electron chi connectivity index (χ2n) is 4.70. The summed E-state index contributed by atoms with van der Waals surface area (Å²) in [6.07, 6.45) is 0.832. The summed E-state index contributed by atoms with van der Waals surface area (Å²) in [5.74, 6) is 0. The predicted molar refractivity (Wildman–Crippen MR) is 90.6 cm³/mol. The number of hydrogen-bond donors (Lipinski definition) is 2. The molecule has 2 aromatic carbocycles. The lowest BCUT2D eigenvalue weighted by Crippen LogP contribution is -2.29. The van der Waals surface area contributed by atoms with Crippen molar-refractivity contribution in [2.45, 2.75) is 23.1 Å². The highest BCUT2D eigenvalue weighted by Crippen LogP contribution is 2.38. The molecule has 0 aliphatic heterocycles. The van der Waals surface area contributed by atoms with Crippen molar-refractivity contribution in [2.24, 2.45) is 11.0 Å². The first kappa shape index (κ1) is 16.1. The Balaban J connectivity index is 2.16. The van der Waals surface area contributed by atoms with Crippen molar-refractivity contribution in [3.63, 3.8) is 0 Å². The molecule has 0 radical (unpaired) electrons. The summed E-state index contributed by atoms with van der Waals surface area (Å²) in [6.45, 7) is 2.58. The lowest BCUT2D eigenvalue weighted by molar-refractivity contribution is 0.572. The largest absolute Gasteiger partial charge is 0.300 e. The molecule has 21 heavy (non-hydrogen) atoms. The van der Waals surface area contributed by atoms with Crippen LogP contribution in [0, 0.1) is 0 Å². The fourth-order valence-electron chi connectivity index (χ4n) is 1.99. The van der Waals surface area contributed by atoms with Gasteiger partial charge in [-0.25, -0.2) is 0 Å². The van der Waals surface area contributed by atoms with E-state index in [1.54, 1.807) is 16.4 Å². The molecule has 6 heteroatoms. The van der Waals surface area contributed by atoms with Gasteiger partial charge in [-0.3, -0.25) is 20.2 Å². The molecular weight excluding hydrogens is 301 g/mol. The minimum Gasteiger partial charge on any atom is -0.300 e. The molecule has 4 N–H and O–H groups in total. The van der Waals surface area contributed by atoms with Gasteiger partial charge in [0.15, 0.2) is 0 Å². The van der Waals surface area contributed by atoms with Gasteiger partial charge in [-0.2, -0.15) is 0 Å². The van der Waals surface area contributed by atoms with E-state index in [1.165, 1.54) is 4.90 Å². The van der Waals surface area contributed by atoms with Crippen molar-refractivity contribution >= 4 is 25.0 Å². The maximum atomic E-state index is 12.0. The highest BCUT2D eigenvalue weighted by Gasteiger charge is 2.20. The predicted octanol–water partition coefficient (Wildman–Crippen LogP) is 4.08. The third-order valence-electron chi connectivity index (χ3n) is 2.93. The van der Waals surface area contributed by atoms with E-state index < -0.39 is 7.59 Å². The average Bonchev–Trinajstić information content (AvgIpc) is 2.46. The third-order valence-corrected chi connectivity index (χ3v) is 5.13. The zero-order valence-electron chi connectivity index (χ0n) is 12.0. The number of rotatable bonds is 6. The van der Waals surface area contributed by atoms with Crippen molar-refractivity contribution in [1.82, 2.24) is 0 Å². The van der Waals surface area contributed by atoms with E-state index in [-0.39, 0.29) is 0 Å². The van der Waals surface area contributed by atoms with Gasteiger partial charge in [0, 0.05) is 22.0 Å². The third kappa shape index (κ3) is 4.61. The van der Waals surface area contributed by atoms with Crippen LogP contribution in [-0.2, 0) is 4.57 Å². The summed E-state index contributed by atoms with van der Waals surface area (Å²) in [4.78, 5) is 2.30. The topological polar surface area (TPSA) is 72.3 Å². The molecule has 0 spiro atoms. The monoisotopic (exact) mass is 321 g/mol. The van der Waals surface area contributed by atoms with Gasteiger partial charge in [-0.1, -0.05) is 36.9 Å². The van der Waals surface area contributed by atoms with Crippen molar-refractivity contribution in [3.05, 3.63) is 54.6 Å². The Labute approximate surface area is 130 Å². The first-order chi connectivity index (χ1) is 10.0. The molecule has 0 unspecified atom stereocenters. The van der Waals surface area contributed by atoms with Crippen LogP contribution in [0.2, 0.25) is 0 Å². The molecular formula is C15H20N3OPS. The molecule has 0 atom stereocenters. The molecule has 0 amide bonds. The Morgan fingerprint density at radius 2 is 1.57 bits per heavy atom. The molecule has 0 saturated heterocycles. The number of nitrogens with two attached hydrogens (primary N) is 2. The van der Waals surface area contributed by atoms with E-state index in [4.69, 9.17) is 11.0 Å². The fourth-order valence-corrected chi connectivity index (χ4v) is 3.83. The van der Waals surface area contributed by atoms with Crippen LogP contribution in [-0.4, -0.2) is 6.54 Å². The van der Waals surface area contributed by atoms with E-state index in [1.807, 2.05) is 49.4 Å². The number of anilines is 1. The van der Waals surface area contributed by atoms with E-state index in [9.17, 15) is 4.57 Å². The Hall–Kier alpha value is -1.26. The number of benzene rings is 2. The molecule has 0 fully saturated rings. The maximum Gasteiger partial charge on any atom is 0.300 e. The molecule has 2 aromatic rings. The minimum atomic E-state index is -3.27. The second kappa shape index (κ2) is 7.14. The van der Waals surface area contributed by atoms with Crippen LogP contribution in [0.3, 0.4) is 0 Å². The fraction of sp³-hybridized carbons (Fsp3) is 0.200. The summed E-state index contributed by atoms with van der Waals surface area (Å²) >= 11 is 1.68. The molecule has 0 aromatic heterocycles. The van der Waals surface area contributed by atoms with Crippen LogP contribution < -0.4 is 15.7 Å². The molecule has 4 nitrogen and oxygen atoms in total. The first-order valence-electron chi connectivity index (χ1n) is 6.79. The lowest BCUT2D eigenvalue weighted by atomic mass is 10.3. The van der Waals surface area contributed by atoms with Gasteiger partial charge in [-0.05, 0) is 42.8 Å². The summed E-state index contributed by atoms with van der Waals surface area (Å²) in [5.41, 5.74) is 12.0. The summed E-state index contributed by atoms with van der Waals surface area (Å²) < 4.78 is 13.5. The van der Waals surface area contributed by atoms with Gasteiger partial charge < -0.3 is 0 Å². The summed E-state index contributed by atoms with van der Waals surface area (Å²) in [6, 6.07) is 18.0. The Bertz CT molecular complexity index is 613. The summed E-state index contributed by atoms with van der Waals surface area (Å²) in [7, 11) is -3.27. The molecule has 2 rings (SSSR count). The van der Waals surface area contributed by atoms with E-state index in [2.05, 4.69) is 12.1 Å². The zero-order chi connectivity index (χ0) is 15.3. The zero-order valence-corrected chi connectivity index (χ0v) is 13.7. The van der Waals surface area contributed by atoms with E-state index in [0.717, 1.165) is 17.0 Å². The standard InChI is InChI=1S/C15H20N3OPS/c1-2-12-18(20(16,17)19)13-8-10-15(11-9-13)21-14-6-4-3-5-7-14/h3-11H,2,12H2,1H3,(H4,16,17,19). The van der Waals surface area contributed by atoms with Gasteiger partial charge in [0.05, 0.1) is 0 Å². The number of hydrogen-bond acceptors (Lipinski definition) is 2. The normalized spacial score (nSPS) is 11.4. The van der Waals surface area contributed by atoms with Crippen LogP contribution in [0.4, 0.5) is 5.69 Å². The van der Waals surface area contributed by atoms with Crippen LogP contribution >= 0.6 is 19.4 Å². The number of nitrogens with zero attached hydrogens (tertiary/aromatic N) is 1. The summed E-state index contributed by atoms with van der Waals surface area (Å²) in [5, 5.41) is 0. The quantitative estimate of drug-likeness (QED) is 0.784. The Morgan fingerprint density at radius 3 is 2.10 bits per heavy atom. The van der Waals surface area contributed by atoms with Gasteiger partial charge in [-0.15, -0.1) is 0 Å². The molecule has 0 saturated carbocycles. The highest BCUT2D eigenvalue weighted by molar-refractivity contribution is 7.99. The SMILES string of the molecule is CCCN(c1ccc(Sc2ccccc2)cc1)P(N)(N)=O. The molecule has 112 valence electrons. The minimum absolute atomic E-state index is 0.579. The Kier molecular flexibility index (Phi) is 5.48. The van der Waals surface area contributed by atoms with Crippen molar-refractivity contribution < 1.29 is 4.57 Å². The Morgan fingerprint density at radius 1 is 1.00 bits per heavy atom. The van der Waals surface area contributed by atoms with Gasteiger partial charge in [0.25, 0.3) is 0 Å². The van der Waals surface area contributed by atoms with Gasteiger partial charge >= 0.3 is 7.59 Å². The molecule has 0 heterocycles. The van der Waals surface area contributed by atoms with E-state index in [0.29, 0.717) is 6.54 Å². The lowest BCUT2D eigenvalue weighted by Gasteiger charge is -2.27. The van der Waals surface area contributed by atoms with Crippen molar-refractivity contribution in [2.75, 3.05) is 11.2 Å². The maximum absolute atomic E-state index is 12.0. The second-order valence-corrected chi connectivity index (χ2v) is 7.68. The van der Waals surface area contributed by atoms with Gasteiger partial charge in [0.1, 0.15) is 0 Å². The highest BCUT2D eigenvalue weighted by atomic mass is 32.2. The smallest absolute Gasteiger partial charge is 0.300 e. The average molecular weight is 321 g/mol.